The number of carbonyl (C=O) groups is 4. The van der Waals surface area contributed by atoms with Crippen molar-refractivity contribution in [1.82, 2.24) is 4.90 Å². The van der Waals surface area contributed by atoms with Crippen LogP contribution in [-0.4, -0.2) is 39.4 Å². The zero-order valence-corrected chi connectivity index (χ0v) is 10.5. The van der Waals surface area contributed by atoms with Crippen molar-refractivity contribution < 1.29 is 24.3 Å². The fourth-order valence-corrected chi connectivity index (χ4v) is 2.66. The Balaban J connectivity index is 1.97. The highest BCUT2D eigenvalue weighted by Gasteiger charge is 2.44. The number of phenolic OH excluding ortho intramolecular Hbond substituents is 1. The van der Waals surface area contributed by atoms with E-state index in [9.17, 15) is 24.3 Å². The molecule has 1 heterocycles. The van der Waals surface area contributed by atoms with Gasteiger partial charge in [0.1, 0.15) is 11.5 Å². The Hall–Kier alpha value is -2.50. The number of aromatic hydroxyl groups is 1. The maximum absolute atomic E-state index is 12.2. The second-order valence-corrected chi connectivity index (χ2v) is 4.95. The number of phenols is 1. The van der Waals surface area contributed by atoms with E-state index in [2.05, 4.69) is 0 Å². The summed E-state index contributed by atoms with van der Waals surface area (Å²) in [6.07, 6.45) is 0.132. The number of amides is 2. The molecule has 6 heteroatoms. The lowest BCUT2D eigenvalue weighted by atomic mass is 9.92. The van der Waals surface area contributed by atoms with Crippen LogP contribution in [0.25, 0.3) is 0 Å². The molecular weight excluding hydrogens is 262 g/mol. The minimum absolute atomic E-state index is 0.0969. The number of fused-ring (bicyclic) bond motifs is 1. The molecule has 2 amide bonds. The Bertz CT molecular complexity index is 664. The van der Waals surface area contributed by atoms with Crippen molar-refractivity contribution in [3.8, 4) is 5.75 Å². The van der Waals surface area contributed by atoms with Gasteiger partial charge in [-0.3, -0.25) is 24.1 Å². The molecule has 1 saturated carbocycles. The molecule has 6 nitrogen and oxygen atoms in total. The molecule has 1 aliphatic carbocycles. The first-order valence-electron chi connectivity index (χ1n) is 6.24. The number of nitrogens with zero attached hydrogens (tertiary/aromatic N) is 1. The second-order valence-electron chi connectivity index (χ2n) is 4.95. The molecule has 0 radical (unpaired) electrons. The molecule has 1 aromatic carbocycles. The average Bonchev–Trinajstić information content (AvgIpc) is 2.63. The molecule has 1 aliphatic heterocycles. The average molecular weight is 273 g/mol. The minimum atomic E-state index is -0.873. The van der Waals surface area contributed by atoms with Gasteiger partial charge in [0.15, 0.2) is 5.78 Å². The van der Waals surface area contributed by atoms with Crippen molar-refractivity contribution in [3.63, 3.8) is 0 Å². The van der Waals surface area contributed by atoms with E-state index >= 15 is 0 Å². The van der Waals surface area contributed by atoms with Crippen LogP contribution in [0.1, 0.15) is 40.0 Å². The molecule has 102 valence electrons. The van der Waals surface area contributed by atoms with E-state index in [1.165, 1.54) is 18.2 Å². The Morgan fingerprint density at radius 2 is 1.75 bits per heavy atom. The first kappa shape index (κ1) is 12.5. The number of hydrogen-bond donors (Lipinski definition) is 1. The first-order chi connectivity index (χ1) is 9.49. The molecule has 0 aromatic heterocycles. The summed E-state index contributed by atoms with van der Waals surface area (Å²) in [6, 6.07) is 3.03. The van der Waals surface area contributed by atoms with E-state index in [-0.39, 0.29) is 41.9 Å². The van der Waals surface area contributed by atoms with Gasteiger partial charge < -0.3 is 5.11 Å². The maximum atomic E-state index is 12.2. The molecule has 1 aromatic rings. The fraction of sp³-hybridized carbons (Fsp3) is 0.286. The standard InChI is InChI=1S/C14H11NO5/c16-7-1-3-9-10(5-7)14(20)15(13(9)19)11-4-2-8(17)6-12(11)18/h1,3,5,11,16H,2,4,6H2. The molecule has 1 unspecified atom stereocenters. The van der Waals surface area contributed by atoms with Crippen LogP contribution in [0.15, 0.2) is 18.2 Å². The van der Waals surface area contributed by atoms with Gasteiger partial charge in [0.25, 0.3) is 11.8 Å². The number of rotatable bonds is 1. The Morgan fingerprint density at radius 3 is 2.45 bits per heavy atom. The maximum Gasteiger partial charge on any atom is 0.262 e. The number of hydrogen-bond acceptors (Lipinski definition) is 5. The van der Waals surface area contributed by atoms with Gasteiger partial charge >= 0.3 is 0 Å². The van der Waals surface area contributed by atoms with Gasteiger partial charge in [-0.15, -0.1) is 0 Å². The zero-order chi connectivity index (χ0) is 14.4. The quantitative estimate of drug-likeness (QED) is 0.600. The lowest BCUT2D eigenvalue weighted by Crippen LogP contribution is -2.47. The third-order valence-electron chi connectivity index (χ3n) is 3.65. The predicted molar refractivity (Wildman–Crippen MR) is 66.3 cm³/mol. The van der Waals surface area contributed by atoms with Gasteiger partial charge in [-0.2, -0.15) is 0 Å². The van der Waals surface area contributed by atoms with Crippen molar-refractivity contribution in [3.05, 3.63) is 29.3 Å². The van der Waals surface area contributed by atoms with Gasteiger partial charge in [-0.1, -0.05) is 0 Å². The van der Waals surface area contributed by atoms with E-state index < -0.39 is 23.6 Å². The number of imide groups is 1. The topological polar surface area (TPSA) is 91.8 Å². The molecule has 0 spiro atoms. The normalized spacial score (nSPS) is 22.4. The molecule has 3 rings (SSSR count). The van der Waals surface area contributed by atoms with Crippen molar-refractivity contribution in [2.75, 3.05) is 0 Å². The van der Waals surface area contributed by atoms with Crippen molar-refractivity contribution in [2.45, 2.75) is 25.3 Å². The van der Waals surface area contributed by atoms with Gasteiger partial charge in [0, 0.05) is 6.42 Å². The Labute approximate surface area is 114 Å². The van der Waals surface area contributed by atoms with Crippen LogP contribution in [0.5, 0.6) is 5.75 Å². The Morgan fingerprint density at radius 1 is 1.05 bits per heavy atom. The van der Waals surface area contributed by atoms with Gasteiger partial charge in [0.2, 0.25) is 0 Å². The summed E-state index contributed by atoms with van der Waals surface area (Å²) in [5.74, 6) is -1.82. The van der Waals surface area contributed by atoms with Crippen LogP contribution in [0.4, 0.5) is 0 Å². The zero-order valence-electron chi connectivity index (χ0n) is 10.5. The summed E-state index contributed by atoms with van der Waals surface area (Å²) in [5, 5.41) is 9.39. The number of ketones is 2. The lowest BCUT2D eigenvalue weighted by Gasteiger charge is -2.27. The lowest BCUT2D eigenvalue weighted by molar-refractivity contribution is -0.132. The smallest absolute Gasteiger partial charge is 0.262 e. The molecule has 0 bridgehead atoms. The minimum Gasteiger partial charge on any atom is -0.508 e. The molecule has 0 saturated heterocycles. The summed E-state index contributed by atoms with van der Waals surface area (Å²) in [5.41, 5.74) is 0.275. The largest absolute Gasteiger partial charge is 0.508 e. The van der Waals surface area contributed by atoms with Crippen molar-refractivity contribution >= 4 is 23.4 Å². The van der Waals surface area contributed by atoms with E-state index in [1.807, 2.05) is 0 Å². The van der Waals surface area contributed by atoms with Crippen molar-refractivity contribution in [1.29, 1.82) is 0 Å². The van der Waals surface area contributed by atoms with E-state index in [0.717, 1.165) is 4.90 Å². The van der Waals surface area contributed by atoms with Crippen molar-refractivity contribution in [2.24, 2.45) is 0 Å². The summed E-state index contributed by atoms with van der Waals surface area (Å²) < 4.78 is 0. The van der Waals surface area contributed by atoms with Gasteiger partial charge in [-0.25, -0.2) is 0 Å². The van der Waals surface area contributed by atoms with Crippen LogP contribution < -0.4 is 0 Å². The second kappa shape index (κ2) is 4.26. The monoisotopic (exact) mass is 273 g/mol. The molecule has 2 aliphatic rings. The summed E-state index contributed by atoms with van der Waals surface area (Å²) in [6.45, 7) is 0. The summed E-state index contributed by atoms with van der Waals surface area (Å²) >= 11 is 0. The molecule has 1 N–H and O–H groups in total. The van der Waals surface area contributed by atoms with Crippen LogP contribution >= 0.6 is 0 Å². The van der Waals surface area contributed by atoms with E-state index in [4.69, 9.17) is 0 Å². The third-order valence-corrected chi connectivity index (χ3v) is 3.65. The SMILES string of the molecule is O=C1CCC(N2C(=O)c3ccc(O)cc3C2=O)C(=O)C1. The summed E-state index contributed by atoms with van der Waals surface area (Å²) in [4.78, 5) is 48.5. The van der Waals surface area contributed by atoms with Crippen LogP contribution in [0.2, 0.25) is 0 Å². The van der Waals surface area contributed by atoms with Crippen LogP contribution in [-0.2, 0) is 9.59 Å². The predicted octanol–water partition coefficient (Wildman–Crippen LogP) is 0.679. The van der Waals surface area contributed by atoms with E-state index in [0.29, 0.717) is 0 Å². The molecular formula is C14H11NO5. The van der Waals surface area contributed by atoms with Gasteiger partial charge in [-0.05, 0) is 24.6 Å². The highest BCUT2D eigenvalue weighted by Crippen LogP contribution is 2.30. The number of carbonyl (C=O) groups excluding carboxylic acids is 4. The number of Topliss-reactive ketones (excluding diaryl/α,β-unsaturated/α-hetero) is 2. The first-order valence-corrected chi connectivity index (χ1v) is 6.24. The highest BCUT2D eigenvalue weighted by atomic mass is 16.3. The van der Waals surface area contributed by atoms with Crippen LogP contribution in [0, 0.1) is 0 Å². The molecule has 1 atom stereocenters. The van der Waals surface area contributed by atoms with Crippen LogP contribution in [0.3, 0.4) is 0 Å². The van der Waals surface area contributed by atoms with Gasteiger partial charge in [0.05, 0.1) is 23.6 Å². The Kier molecular flexibility index (Phi) is 2.67. The molecule has 20 heavy (non-hydrogen) atoms. The summed E-state index contributed by atoms with van der Waals surface area (Å²) in [7, 11) is 0. The highest BCUT2D eigenvalue weighted by molar-refractivity contribution is 6.23. The molecule has 1 fully saturated rings. The number of benzene rings is 1. The van der Waals surface area contributed by atoms with E-state index in [1.54, 1.807) is 0 Å². The third kappa shape index (κ3) is 1.72. The fourth-order valence-electron chi connectivity index (χ4n) is 2.66.